The lowest BCUT2D eigenvalue weighted by Gasteiger charge is -2.15. The first-order valence-electron chi connectivity index (χ1n) is 11.6. The van der Waals surface area contributed by atoms with Crippen LogP contribution in [0.25, 0.3) is 0 Å². The Labute approximate surface area is 191 Å². The summed E-state index contributed by atoms with van der Waals surface area (Å²) in [6, 6.07) is 5.91. The van der Waals surface area contributed by atoms with Crippen molar-refractivity contribution < 1.29 is 14.2 Å². The molecule has 2 heterocycles. The number of hydrogen-bond acceptors (Lipinski definition) is 5. The molecule has 176 valence electrons. The Morgan fingerprint density at radius 1 is 1.22 bits per heavy atom. The van der Waals surface area contributed by atoms with Gasteiger partial charge in [0.1, 0.15) is 0 Å². The number of nitrogens with zero attached hydrogens (tertiary/aromatic N) is 3. The molecule has 0 amide bonds. The van der Waals surface area contributed by atoms with E-state index in [1.807, 2.05) is 36.1 Å². The van der Waals surface area contributed by atoms with Crippen molar-refractivity contribution in [2.75, 3.05) is 44.8 Å². The second kappa shape index (κ2) is 13.0. The van der Waals surface area contributed by atoms with Crippen molar-refractivity contribution in [3.63, 3.8) is 0 Å². The second-order valence-corrected chi connectivity index (χ2v) is 8.44. The summed E-state index contributed by atoms with van der Waals surface area (Å²) in [5, 5.41) is 11.1. The molecule has 8 heteroatoms. The lowest BCUT2D eigenvalue weighted by Crippen LogP contribution is -2.32. The topological polar surface area (TPSA) is 81.9 Å². The molecule has 0 spiro atoms. The summed E-state index contributed by atoms with van der Waals surface area (Å²) in [6.07, 6.45) is 7.69. The van der Waals surface area contributed by atoms with Crippen molar-refractivity contribution in [3.05, 3.63) is 36.2 Å². The highest BCUT2D eigenvalue weighted by atomic mass is 16.5. The van der Waals surface area contributed by atoms with Crippen LogP contribution in [0.15, 0.2) is 35.6 Å². The van der Waals surface area contributed by atoms with Crippen LogP contribution in [0.5, 0.6) is 11.5 Å². The Kier molecular flexibility index (Phi) is 9.68. The van der Waals surface area contributed by atoms with E-state index in [0.29, 0.717) is 19.1 Å². The molecule has 2 aromatic rings. The van der Waals surface area contributed by atoms with E-state index in [9.17, 15) is 0 Å². The first kappa shape index (κ1) is 23.9. The summed E-state index contributed by atoms with van der Waals surface area (Å²) in [5.74, 6) is 2.87. The van der Waals surface area contributed by atoms with Crippen molar-refractivity contribution >= 4 is 11.6 Å². The maximum atomic E-state index is 5.82. The highest BCUT2D eigenvalue weighted by molar-refractivity contribution is 5.93. The van der Waals surface area contributed by atoms with Gasteiger partial charge in [-0.1, -0.05) is 13.8 Å². The monoisotopic (exact) mass is 443 g/mol. The lowest BCUT2D eigenvalue weighted by molar-refractivity contribution is 0.108. The van der Waals surface area contributed by atoms with Crippen molar-refractivity contribution in [2.45, 2.75) is 39.5 Å². The first-order valence-corrected chi connectivity index (χ1v) is 11.6. The van der Waals surface area contributed by atoms with Gasteiger partial charge in [0.25, 0.3) is 0 Å². The van der Waals surface area contributed by atoms with Crippen LogP contribution in [0, 0.1) is 5.92 Å². The van der Waals surface area contributed by atoms with Crippen LogP contribution in [0.1, 0.15) is 38.7 Å². The Bertz CT molecular complexity index is 850. The number of ether oxygens (including phenoxy) is 3. The van der Waals surface area contributed by atoms with Crippen LogP contribution < -0.4 is 20.1 Å². The number of aliphatic imine (C=N–C) groups is 1. The molecule has 1 aromatic heterocycles. The molecule has 0 bridgehead atoms. The molecule has 8 nitrogen and oxygen atoms in total. The number of nitrogens with one attached hydrogen (secondary N) is 2. The third kappa shape index (κ3) is 8.42. The zero-order valence-corrected chi connectivity index (χ0v) is 19.6. The van der Waals surface area contributed by atoms with E-state index in [1.54, 1.807) is 0 Å². The molecular weight excluding hydrogens is 406 g/mol. The Morgan fingerprint density at radius 3 is 2.84 bits per heavy atom. The van der Waals surface area contributed by atoms with Crippen molar-refractivity contribution in [2.24, 2.45) is 18.0 Å². The van der Waals surface area contributed by atoms with Crippen LogP contribution in [0.3, 0.4) is 0 Å². The maximum Gasteiger partial charge on any atom is 0.195 e. The summed E-state index contributed by atoms with van der Waals surface area (Å²) < 4.78 is 19.1. The smallest absolute Gasteiger partial charge is 0.195 e. The van der Waals surface area contributed by atoms with Crippen LogP contribution in [-0.4, -0.2) is 55.3 Å². The standard InChI is InChI=1S/C24H37N5O3/c1-19(2)18-30-12-5-11-26-24(25-10-4-7-20-16-27-29(3)17-20)28-21-8-9-22-23(15-21)32-14-6-13-31-22/h8-9,15-17,19H,4-7,10-14,18H2,1-3H3,(H2,25,26,28). The van der Waals surface area contributed by atoms with Gasteiger partial charge >= 0.3 is 0 Å². The molecule has 2 N–H and O–H groups in total. The van der Waals surface area contributed by atoms with Gasteiger partial charge in [-0.15, -0.1) is 0 Å². The van der Waals surface area contributed by atoms with Gasteiger partial charge in [0.2, 0.25) is 0 Å². The maximum absolute atomic E-state index is 5.82. The van der Waals surface area contributed by atoms with Gasteiger partial charge in [-0.05, 0) is 42.9 Å². The van der Waals surface area contributed by atoms with E-state index in [0.717, 1.165) is 75.1 Å². The second-order valence-electron chi connectivity index (χ2n) is 8.44. The largest absolute Gasteiger partial charge is 0.490 e. The van der Waals surface area contributed by atoms with Gasteiger partial charge in [0, 0.05) is 57.7 Å². The Hall–Kier alpha value is -2.74. The number of fused-ring (bicyclic) bond motifs is 1. The average molecular weight is 444 g/mol. The third-order valence-electron chi connectivity index (χ3n) is 4.87. The van der Waals surface area contributed by atoms with E-state index in [-0.39, 0.29) is 0 Å². The molecule has 0 radical (unpaired) electrons. The Balaban J connectivity index is 1.54. The highest BCUT2D eigenvalue weighted by Crippen LogP contribution is 2.32. The molecule has 0 saturated heterocycles. The van der Waals surface area contributed by atoms with Gasteiger partial charge in [-0.2, -0.15) is 5.10 Å². The molecular formula is C24H37N5O3. The third-order valence-corrected chi connectivity index (χ3v) is 4.87. The van der Waals surface area contributed by atoms with Gasteiger partial charge in [-0.25, -0.2) is 0 Å². The van der Waals surface area contributed by atoms with Crippen molar-refractivity contribution in [1.29, 1.82) is 0 Å². The SMILES string of the molecule is CC(C)COCCCNC(=NCCCc1cnn(C)c1)Nc1ccc2c(c1)OCCCO2. The summed E-state index contributed by atoms with van der Waals surface area (Å²) >= 11 is 0. The van der Waals surface area contributed by atoms with Crippen molar-refractivity contribution in [1.82, 2.24) is 15.1 Å². The fourth-order valence-electron chi connectivity index (χ4n) is 3.29. The van der Waals surface area contributed by atoms with Crippen LogP contribution in [-0.2, 0) is 18.2 Å². The predicted octanol–water partition coefficient (Wildman–Crippen LogP) is 3.63. The Morgan fingerprint density at radius 2 is 2.06 bits per heavy atom. The lowest BCUT2D eigenvalue weighted by atomic mass is 10.2. The molecule has 1 aliphatic heterocycles. The van der Waals surface area contributed by atoms with E-state index in [2.05, 4.69) is 35.8 Å². The molecule has 0 fully saturated rings. The van der Waals surface area contributed by atoms with Crippen LogP contribution in [0.2, 0.25) is 0 Å². The minimum Gasteiger partial charge on any atom is -0.490 e. The van der Waals surface area contributed by atoms with E-state index in [1.165, 1.54) is 5.56 Å². The average Bonchev–Trinajstić information content (AvgIpc) is 3.04. The van der Waals surface area contributed by atoms with Gasteiger partial charge in [0.05, 0.1) is 19.4 Å². The molecule has 0 saturated carbocycles. The predicted molar refractivity (Wildman–Crippen MR) is 128 cm³/mol. The minimum atomic E-state index is 0.556. The molecule has 0 aliphatic carbocycles. The number of rotatable bonds is 11. The van der Waals surface area contributed by atoms with Gasteiger partial charge in [0.15, 0.2) is 17.5 Å². The van der Waals surface area contributed by atoms with Crippen LogP contribution in [0.4, 0.5) is 5.69 Å². The molecule has 0 atom stereocenters. The van der Waals surface area contributed by atoms with E-state index in [4.69, 9.17) is 19.2 Å². The highest BCUT2D eigenvalue weighted by Gasteiger charge is 2.11. The zero-order chi connectivity index (χ0) is 22.6. The summed E-state index contributed by atoms with van der Waals surface area (Å²) in [5.41, 5.74) is 2.15. The minimum absolute atomic E-state index is 0.556. The molecule has 1 aromatic carbocycles. The summed E-state index contributed by atoms with van der Waals surface area (Å²) in [4.78, 5) is 4.77. The number of benzene rings is 1. The summed E-state index contributed by atoms with van der Waals surface area (Å²) in [6.45, 7) is 8.72. The normalized spacial score (nSPS) is 13.8. The van der Waals surface area contributed by atoms with Crippen molar-refractivity contribution in [3.8, 4) is 11.5 Å². The molecule has 1 aliphatic rings. The molecule has 32 heavy (non-hydrogen) atoms. The first-order chi connectivity index (χ1) is 15.6. The number of anilines is 1. The molecule has 0 unspecified atom stereocenters. The number of aryl methyl sites for hydroxylation is 2. The van der Waals surface area contributed by atoms with Crippen LogP contribution >= 0.6 is 0 Å². The fourth-order valence-corrected chi connectivity index (χ4v) is 3.29. The van der Waals surface area contributed by atoms with Gasteiger partial charge in [-0.3, -0.25) is 9.67 Å². The zero-order valence-electron chi connectivity index (χ0n) is 19.6. The van der Waals surface area contributed by atoms with Gasteiger partial charge < -0.3 is 24.8 Å². The van der Waals surface area contributed by atoms with E-state index < -0.39 is 0 Å². The van der Waals surface area contributed by atoms with E-state index >= 15 is 0 Å². The number of hydrogen-bond donors (Lipinski definition) is 2. The number of aromatic nitrogens is 2. The number of guanidine groups is 1. The molecule has 3 rings (SSSR count). The quantitative estimate of drug-likeness (QED) is 0.314. The fraction of sp³-hybridized carbons (Fsp3) is 0.583. The summed E-state index contributed by atoms with van der Waals surface area (Å²) in [7, 11) is 1.94.